The van der Waals surface area contributed by atoms with Gasteiger partial charge in [-0.25, -0.2) is 13.2 Å². The quantitative estimate of drug-likeness (QED) is 0.483. The van der Waals surface area contributed by atoms with Gasteiger partial charge in [0.1, 0.15) is 0 Å². The van der Waals surface area contributed by atoms with Gasteiger partial charge in [0.2, 0.25) is 9.84 Å². The van der Waals surface area contributed by atoms with Crippen LogP contribution in [0.5, 0.6) is 0 Å². The SMILES string of the molecule is Cn1ccc2ncc(S(=O)(=O)c3ccc(Cl)c4c(=O)n(O)c(=O)[nH]c34)cc21. The number of rotatable bonds is 2. The number of hydrogen-bond donors (Lipinski definition) is 2. The third kappa shape index (κ3) is 2.45. The number of fused-ring (bicyclic) bond motifs is 2. The van der Waals surface area contributed by atoms with Crippen LogP contribution >= 0.6 is 11.6 Å². The van der Waals surface area contributed by atoms with E-state index < -0.39 is 21.1 Å². The average molecular weight is 407 g/mol. The zero-order valence-corrected chi connectivity index (χ0v) is 15.2. The van der Waals surface area contributed by atoms with E-state index >= 15 is 0 Å². The highest BCUT2D eigenvalue weighted by atomic mass is 35.5. The van der Waals surface area contributed by atoms with Crippen molar-refractivity contribution in [1.82, 2.24) is 19.3 Å². The van der Waals surface area contributed by atoms with Gasteiger partial charge in [-0.05, 0) is 24.3 Å². The summed E-state index contributed by atoms with van der Waals surface area (Å²) in [5.41, 5.74) is -1.36. The lowest BCUT2D eigenvalue weighted by Gasteiger charge is -2.10. The van der Waals surface area contributed by atoms with Crippen LogP contribution in [0.4, 0.5) is 0 Å². The van der Waals surface area contributed by atoms with Gasteiger partial charge in [-0.2, -0.15) is 0 Å². The molecule has 3 aromatic heterocycles. The van der Waals surface area contributed by atoms with Gasteiger partial charge in [0.25, 0.3) is 5.56 Å². The predicted octanol–water partition coefficient (Wildman–Crippen LogP) is 1.30. The Labute approximate surface area is 156 Å². The lowest BCUT2D eigenvalue weighted by molar-refractivity contribution is 0.162. The second kappa shape index (κ2) is 5.69. The molecule has 2 N–H and O–H groups in total. The minimum absolute atomic E-state index is 0.107. The fourth-order valence-electron chi connectivity index (χ4n) is 2.87. The highest BCUT2D eigenvalue weighted by Gasteiger charge is 2.25. The van der Waals surface area contributed by atoms with Crippen LogP contribution in [0.1, 0.15) is 0 Å². The topological polar surface area (TPSA) is 127 Å². The molecule has 0 radical (unpaired) electrons. The number of benzene rings is 1. The van der Waals surface area contributed by atoms with Crippen LogP contribution in [0.25, 0.3) is 21.9 Å². The summed E-state index contributed by atoms with van der Waals surface area (Å²) in [6.07, 6.45) is 2.94. The zero-order valence-electron chi connectivity index (χ0n) is 13.7. The first-order valence-electron chi connectivity index (χ1n) is 7.55. The Morgan fingerprint density at radius 3 is 2.70 bits per heavy atom. The molecule has 9 nitrogen and oxygen atoms in total. The van der Waals surface area contributed by atoms with Crippen LogP contribution in [0.3, 0.4) is 0 Å². The summed E-state index contributed by atoms with van der Waals surface area (Å²) in [5.74, 6) is 0. The first kappa shape index (κ1) is 17.3. The molecule has 0 amide bonds. The number of aryl methyl sites for hydroxylation is 1. The Bertz CT molecular complexity index is 1470. The van der Waals surface area contributed by atoms with Gasteiger partial charge in [0, 0.05) is 19.4 Å². The van der Waals surface area contributed by atoms with Gasteiger partial charge < -0.3 is 14.8 Å². The highest BCUT2D eigenvalue weighted by Crippen LogP contribution is 2.30. The molecule has 0 unspecified atom stereocenters. The maximum atomic E-state index is 13.2. The van der Waals surface area contributed by atoms with Crippen molar-refractivity contribution in [2.24, 2.45) is 7.05 Å². The van der Waals surface area contributed by atoms with Crippen molar-refractivity contribution in [2.75, 3.05) is 0 Å². The molecule has 0 atom stereocenters. The number of halogens is 1. The number of nitrogens with zero attached hydrogens (tertiary/aromatic N) is 3. The van der Waals surface area contributed by atoms with E-state index in [0.717, 1.165) is 0 Å². The molecule has 1 aromatic carbocycles. The van der Waals surface area contributed by atoms with Crippen molar-refractivity contribution in [2.45, 2.75) is 9.79 Å². The van der Waals surface area contributed by atoms with Crippen molar-refractivity contribution in [3.8, 4) is 0 Å². The number of aromatic nitrogens is 4. The monoisotopic (exact) mass is 406 g/mol. The molecule has 0 bridgehead atoms. The van der Waals surface area contributed by atoms with E-state index in [-0.39, 0.29) is 30.4 Å². The van der Waals surface area contributed by atoms with Crippen LogP contribution in [0.2, 0.25) is 5.02 Å². The van der Waals surface area contributed by atoms with E-state index in [0.29, 0.717) is 11.0 Å². The van der Waals surface area contributed by atoms with Gasteiger partial charge in [0.05, 0.1) is 36.7 Å². The molecule has 0 saturated heterocycles. The third-order valence-corrected chi connectivity index (χ3v) is 6.33. The molecular formula is C16H11ClN4O5S. The van der Waals surface area contributed by atoms with Gasteiger partial charge in [0.15, 0.2) is 0 Å². The Hall–Kier alpha value is -3.11. The Balaban J connectivity index is 2.08. The summed E-state index contributed by atoms with van der Waals surface area (Å²) < 4.78 is 27.9. The number of hydrogen-bond acceptors (Lipinski definition) is 6. The number of H-pyrrole nitrogens is 1. The number of aromatic amines is 1. The number of nitrogens with one attached hydrogen (secondary N) is 1. The fraction of sp³-hybridized carbons (Fsp3) is 0.0625. The van der Waals surface area contributed by atoms with Crippen LogP contribution < -0.4 is 11.2 Å². The van der Waals surface area contributed by atoms with Crippen molar-refractivity contribution in [1.29, 1.82) is 0 Å². The van der Waals surface area contributed by atoms with Crippen molar-refractivity contribution in [3.05, 3.63) is 62.5 Å². The molecule has 0 aliphatic rings. The molecule has 11 heteroatoms. The van der Waals surface area contributed by atoms with Crippen LogP contribution in [-0.4, -0.2) is 32.9 Å². The average Bonchev–Trinajstić information content (AvgIpc) is 3.00. The first-order valence-corrected chi connectivity index (χ1v) is 9.41. The molecule has 0 saturated carbocycles. The Morgan fingerprint density at radius 1 is 1.22 bits per heavy atom. The number of pyridine rings is 1. The van der Waals surface area contributed by atoms with Crippen LogP contribution in [-0.2, 0) is 16.9 Å². The Kier molecular flexibility index (Phi) is 3.65. The molecule has 27 heavy (non-hydrogen) atoms. The normalized spacial score (nSPS) is 12.1. The van der Waals surface area contributed by atoms with E-state index in [2.05, 4.69) is 9.97 Å². The minimum atomic E-state index is -4.15. The molecule has 0 spiro atoms. The van der Waals surface area contributed by atoms with Crippen molar-refractivity contribution >= 4 is 43.4 Å². The molecule has 4 aromatic rings. The summed E-state index contributed by atoms with van der Waals surface area (Å²) in [4.78, 5) is 29.8. The fourth-order valence-corrected chi connectivity index (χ4v) is 4.49. The van der Waals surface area contributed by atoms with E-state index in [1.54, 1.807) is 23.9 Å². The minimum Gasteiger partial charge on any atom is -0.421 e. The summed E-state index contributed by atoms with van der Waals surface area (Å²) in [5, 5.41) is 9.08. The van der Waals surface area contributed by atoms with E-state index in [4.69, 9.17) is 11.6 Å². The lowest BCUT2D eigenvalue weighted by Crippen LogP contribution is -2.33. The van der Waals surface area contributed by atoms with E-state index in [1.165, 1.54) is 24.4 Å². The zero-order chi connectivity index (χ0) is 19.5. The summed E-state index contributed by atoms with van der Waals surface area (Å²) in [6, 6.07) is 5.59. The second-order valence-electron chi connectivity index (χ2n) is 5.85. The largest absolute Gasteiger partial charge is 0.421 e. The molecule has 138 valence electrons. The molecular weight excluding hydrogens is 396 g/mol. The summed E-state index contributed by atoms with van der Waals surface area (Å²) in [6.45, 7) is 0. The molecule has 0 fully saturated rings. The molecule has 4 rings (SSSR count). The van der Waals surface area contributed by atoms with Crippen molar-refractivity contribution < 1.29 is 13.6 Å². The van der Waals surface area contributed by atoms with Crippen LogP contribution in [0, 0.1) is 0 Å². The molecule has 0 aliphatic heterocycles. The van der Waals surface area contributed by atoms with Crippen LogP contribution in [0.15, 0.2) is 56.0 Å². The smallest absolute Gasteiger partial charge is 0.362 e. The maximum Gasteiger partial charge on any atom is 0.362 e. The molecule has 3 heterocycles. The van der Waals surface area contributed by atoms with E-state index in [1.807, 2.05) is 0 Å². The van der Waals surface area contributed by atoms with Gasteiger partial charge >= 0.3 is 5.69 Å². The predicted molar refractivity (Wildman–Crippen MR) is 97.2 cm³/mol. The van der Waals surface area contributed by atoms with Gasteiger partial charge in [-0.15, -0.1) is 0 Å². The Morgan fingerprint density at radius 2 is 1.96 bits per heavy atom. The lowest BCUT2D eigenvalue weighted by atomic mass is 10.2. The molecule has 0 aliphatic carbocycles. The third-order valence-electron chi connectivity index (χ3n) is 4.25. The van der Waals surface area contributed by atoms with E-state index in [9.17, 15) is 23.2 Å². The highest BCUT2D eigenvalue weighted by molar-refractivity contribution is 7.91. The van der Waals surface area contributed by atoms with Gasteiger partial charge in [-0.1, -0.05) is 16.3 Å². The van der Waals surface area contributed by atoms with Gasteiger partial charge in [-0.3, -0.25) is 9.78 Å². The standard InChI is InChI=1S/C16H11ClN4O5S/c1-20-5-4-10-11(20)6-8(7-18-10)27(25,26)12-3-2-9(17)13-14(12)19-16(23)21(24)15(13)22/h2-7,24H,1H3,(H,19,23). The van der Waals surface area contributed by atoms with Crippen molar-refractivity contribution in [3.63, 3.8) is 0 Å². The number of sulfone groups is 1. The maximum absolute atomic E-state index is 13.2. The first-order chi connectivity index (χ1) is 12.7. The summed E-state index contributed by atoms with van der Waals surface area (Å²) >= 11 is 5.98. The second-order valence-corrected chi connectivity index (χ2v) is 8.17. The summed E-state index contributed by atoms with van der Waals surface area (Å²) in [7, 11) is -2.40.